The van der Waals surface area contributed by atoms with E-state index in [9.17, 15) is 9.59 Å². The van der Waals surface area contributed by atoms with E-state index in [4.69, 9.17) is 0 Å². The van der Waals surface area contributed by atoms with E-state index in [0.717, 1.165) is 35.2 Å². The maximum absolute atomic E-state index is 12.7. The number of hydrogen-bond acceptors (Lipinski definition) is 4. The summed E-state index contributed by atoms with van der Waals surface area (Å²) in [7, 11) is 0. The first-order chi connectivity index (χ1) is 9.61. The third-order valence-corrected chi connectivity index (χ3v) is 5.88. The first kappa shape index (κ1) is 13.8. The third-order valence-electron chi connectivity index (χ3n) is 3.59. The van der Waals surface area contributed by atoms with Crippen molar-refractivity contribution in [3.8, 4) is 0 Å². The van der Waals surface area contributed by atoms with E-state index >= 15 is 0 Å². The van der Waals surface area contributed by atoms with Gasteiger partial charge in [0.2, 0.25) is 11.8 Å². The number of para-hydroxylation sites is 1. The van der Waals surface area contributed by atoms with E-state index in [0.29, 0.717) is 0 Å². The van der Waals surface area contributed by atoms with Crippen LogP contribution in [0.3, 0.4) is 0 Å². The van der Waals surface area contributed by atoms with Gasteiger partial charge in [0, 0.05) is 29.5 Å². The van der Waals surface area contributed by atoms with Gasteiger partial charge in [-0.1, -0.05) is 23.9 Å². The van der Waals surface area contributed by atoms with Crippen molar-refractivity contribution in [2.45, 2.75) is 16.6 Å². The van der Waals surface area contributed by atoms with Crippen LogP contribution in [0, 0.1) is 0 Å². The molecule has 0 spiro atoms. The van der Waals surface area contributed by atoms with E-state index in [-0.39, 0.29) is 11.8 Å². The highest BCUT2D eigenvalue weighted by atomic mass is 32.2. The topological polar surface area (TPSA) is 49.4 Å². The summed E-state index contributed by atoms with van der Waals surface area (Å²) >= 11 is 3.21. The average Bonchev–Trinajstić information content (AvgIpc) is 2.48. The highest BCUT2D eigenvalue weighted by molar-refractivity contribution is 8.02. The molecule has 106 valence electrons. The standard InChI is InChI=1S/C14H16N2O2S2/c1-14(13(18)16-6-8-19-9-7-16)12(17)15-10-4-2-3-5-11(10)20-14/h2-5H,6-9H2,1H3,(H,15,17)/t14-/m0/s1. The Morgan fingerprint density at radius 1 is 1.30 bits per heavy atom. The highest BCUT2D eigenvalue weighted by Crippen LogP contribution is 2.43. The van der Waals surface area contributed by atoms with Crippen molar-refractivity contribution in [1.82, 2.24) is 4.90 Å². The zero-order chi connectivity index (χ0) is 14.2. The Hall–Kier alpha value is -1.14. The molecule has 0 bridgehead atoms. The van der Waals surface area contributed by atoms with Crippen LogP contribution in [0.1, 0.15) is 6.92 Å². The predicted octanol–water partition coefficient (Wildman–Crippen LogP) is 2.06. The summed E-state index contributed by atoms with van der Waals surface area (Å²) < 4.78 is -1.06. The smallest absolute Gasteiger partial charge is 0.250 e. The Labute approximate surface area is 126 Å². The Kier molecular flexibility index (Phi) is 3.69. The molecule has 1 aromatic carbocycles. The lowest BCUT2D eigenvalue weighted by atomic mass is 10.1. The molecular weight excluding hydrogens is 292 g/mol. The summed E-state index contributed by atoms with van der Waals surface area (Å²) in [4.78, 5) is 27.9. The predicted molar refractivity (Wildman–Crippen MR) is 83.2 cm³/mol. The van der Waals surface area contributed by atoms with Crippen molar-refractivity contribution in [2.24, 2.45) is 0 Å². The fourth-order valence-electron chi connectivity index (χ4n) is 2.38. The van der Waals surface area contributed by atoms with Crippen molar-refractivity contribution >= 4 is 41.0 Å². The minimum atomic E-state index is -1.06. The molecule has 0 aliphatic carbocycles. The van der Waals surface area contributed by atoms with Gasteiger partial charge in [0.15, 0.2) is 4.75 Å². The molecule has 2 amide bonds. The Morgan fingerprint density at radius 3 is 2.75 bits per heavy atom. The number of hydrogen-bond donors (Lipinski definition) is 1. The van der Waals surface area contributed by atoms with Crippen LogP contribution in [0.2, 0.25) is 0 Å². The van der Waals surface area contributed by atoms with Crippen LogP contribution >= 0.6 is 23.5 Å². The minimum Gasteiger partial charge on any atom is -0.339 e. The molecule has 0 aromatic heterocycles. The Morgan fingerprint density at radius 2 is 2.00 bits per heavy atom. The van der Waals surface area contributed by atoms with Crippen molar-refractivity contribution < 1.29 is 9.59 Å². The quantitative estimate of drug-likeness (QED) is 0.807. The zero-order valence-electron chi connectivity index (χ0n) is 11.2. The Bertz CT molecular complexity index is 558. The van der Waals surface area contributed by atoms with Gasteiger partial charge >= 0.3 is 0 Å². The van der Waals surface area contributed by atoms with Crippen LogP contribution in [-0.4, -0.2) is 46.1 Å². The first-order valence-corrected chi connectivity index (χ1v) is 8.55. The van der Waals surface area contributed by atoms with Crippen LogP contribution in [0.4, 0.5) is 5.69 Å². The van der Waals surface area contributed by atoms with Crippen molar-refractivity contribution in [2.75, 3.05) is 29.9 Å². The van der Waals surface area contributed by atoms with E-state index < -0.39 is 4.75 Å². The number of amides is 2. The lowest BCUT2D eigenvalue weighted by Crippen LogP contribution is -2.55. The number of nitrogens with one attached hydrogen (secondary N) is 1. The normalized spacial score (nSPS) is 25.9. The lowest BCUT2D eigenvalue weighted by Gasteiger charge is -2.37. The van der Waals surface area contributed by atoms with Gasteiger partial charge in [0.1, 0.15) is 0 Å². The van der Waals surface area contributed by atoms with Gasteiger partial charge in [0.25, 0.3) is 0 Å². The molecule has 2 aliphatic rings. The van der Waals surface area contributed by atoms with Gasteiger partial charge < -0.3 is 10.2 Å². The van der Waals surface area contributed by atoms with Crippen molar-refractivity contribution in [3.05, 3.63) is 24.3 Å². The second-order valence-electron chi connectivity index (χ2n) is 4.99. The van der Waals surface area contributed by atoms with Crippen LogP contribution in [0.25, 0.3) is 0 Å². The maximum atomic E-state index is 12.7. The van der Waals surface area contributed by atoms with Gasteiger partial charge in [-0.25, -0.2) is 0 Å². The molecule has 2 heterocycles. The van der Waals surface area contributed by atoms with E-state index in [1.807, 2.05) is 40.9 Å². The Balaban J connectivity index is 1.88. The molecule has 1 saturated heterocycles. The van der Waals surface area contributed by atoms with Crippen molar-refractivity contribution in [3.63, 3.8) is 0 Å². The molecule has 4 nitrogen and oxygen atoms in total. The number of carbonyl (C=O) groups excluding carboxylic acids is 2. The molecule has 0 saturated carbocycles. The highest BCUT2D eigenvalue weighted by Gasteiger charge is 2.47. The summed E-state index contributed by atoms with van der Waals surface area (Å²) in [6, 6.07) is 7.61. The second kappa shape index (κ2) is 5.33. The van der Waals surface area contributed by atoms with Crippen LogP contribution < -0.4 is 5.32 Å². The molecule has 2 aliphatic heterocycles. The fraction of sp³-hybridized carbons (Fsp3) is 0.429. The molecule has 0 radical (unpaired) electrons. The van der Waals surface area contributed by atoms with E-state index in [1.165, 1.54) is 11.8 Å². The number of rotatable bonds is 1. The summed E-state index contributed by atoms with van der Waals surface area (Å²) in [5.74, 6) is 1.61. The number of carbonyl (C=O) groups is 2. The monoisotopic (exact) mass is 308 g/mol. The first-order valence-electron chi connectivity index (χ1n) is 6.58. The number of nitrogens with zero attached hydrogens (tertiary/aromatic N) is 1. The molecule has 1 aromatic rings. The molecule has 1 atom stereocenters. The number of anilines is 1. The molecular formula is C14H16N2O2S2. The molecule has 0 unspecified atom stereocenters. The molecule has 3 rings (SSSR count). The number of benzene rings is 1. The average molecular weight is 308 g/mol. The van der Waals surface area contributed by atoms with Crippen LogP contribution in [0.15, 0.2) is 29.2 Å². The van der Waals surface area contributed by atoms with Gasteiger partial charge in [-0.05, 0) is 19.1 Å². The van der Waals surface area contributed by atoms with E-state index in [2.05, 4.69) is 5.32 Å². The maximum Gasteiger partial charge on any atom is 0.250 e. The summed E-state index contributed by atoms with van der Waals surface area (Å²) in [6.45, 7) is 3.19. The van der Waals surface area contributed by atoms with E-state index in [1.54, 1.807) is 6.92 Å². The molecule has 1 N–H and O–H groups in total. The van der Waals surface area contributed by atoms with Gasteiger partial charge in [0.05, 0.1) is 5.69 Å². The second-order valence-corrected chi connectivity index (χ2v) is 7.68. The van der Waals surface area contributed by atoms with Crippen LogP contribution in [0.5, 0.6) is 0 Å². The summed E-state index contributed by atoms with van der Waals surface area (Å²) in [6.07, 6.45) is 0. The summed E-state index contributed by atoms with van der Waals surface area (Å²) in [5.41, 5.74) is 0.793. The molecule has 20 heavy (non-hydrogen) atoms. The van der Waals surface area contributed by atoms with Crippen LogP contribution in [-0.2, 0) is 9.59 Å². The van der Waals surface area contributed by atoms with Gasteiger partial charge in [-0.3, -0.25) is 9.59 Å². The summed E-state index contributed by atoms with van der Waals surface area (Å²) in [5, 5.41) is 2.86. The van der Waals surface area contributed by atoms with Gasteiger partial charge in [-0.2, -0.15) is 11.8 Å². The third kappa shape index (κ3) is 2.31. The molecule has 6 heteroatoms. The zero-order valence-corrected chi connectivity index (χ0v) is 12.9. The minimum absolute atomic E-state index is 0.0743. The number of fused-ring (bicyclic) bond motifs is 1. The number of thioether (sulfide) groups is 2. The van der Waals surface area contributed by atoms with Crippen molar-refractivity contribution in [1.29, 1.82) is 0 Å². The molecule has 1 fully saturated rings. The van der Waals surface area contributed by atoms with Gasteiger partial charge in [-0.15, -0.1) is 0 Å². The SMILES string of the molecule is C[C@]1(C(=O)N2CCSCC2)Sc2ccccc2NC1=O. The fourth-order valence-corrected chi connectivity index (χ4v) is 4.45. The largest absolute Gasteiger partial charge is 0.339 e. The lowest BCUT2D eigenvalue weighted by molar-refractivity contribution is -0.137.